The summed E-state index contributed by atoms with van der Waals surface area (Å²) in [5.41, 5.74) is 1.56. The van der Waals surface area contributed by atoms with E-state index in [4.69, 9.17) is 9.73 Å². The molecule has 1 N–H and O–H groups in total. The largest absolute Gasteiger partial charge is 0.428 e. The average molecular weight is 493 g/mol. The van der Waals surface area contributed by atoms with Crippen LogP contribution < -0.4 is 24.7 Å². The van der Waals surface area contributed by atoms with Gasteiger partial charge in [-0.3, -0.25) is 14.7 Å². The van der Waals surface area contributed by atoms with Gasteiger partial charge in [-0.05, 0) is 43.7 Å². The number of carbonyl (C=O) groups excluding carboxylic acids is 1. The minimum absolute atomic E-state index is 0.0566. The lowest BCUT2D eigenvalue weighted by Crippen LogP contribution is -2.74. The second-order valence-electron chi connectivity index (χ2n) is 9.87. The number of para-hydroxylation sites is 1. The predicted octanol–water partition coefficient (Wildman–Crippen LogP) is 2.43. The number of anilines is 1. The van der Waals surface area contributed by atoms with Crippen molar-refractivity contribution >= 4 is 23.5 Å². The summed E-state index contributed by atoms with van der Waals surface area (Å²) in [6, 6.07) is 10.5. The number of quaternary nitrogens is 1. The van der Waals surface area contributed by atoms with Crippen LogP contribution >= 0.6 is 0 Å². The van der Waals surface area contributed by atoms with Crippen LogP contribution in [-0.2, 0) is 10.4 Å². The monoisotopic (exact) mass is 492 g/mol. The first-order valence-electron chi connectivity index (χ1n) is 11.6. The molecule has 6 rings (SSSR count). The molecule has 1 fully saturated rings. The van der Waals surface area contributed by atoms with Gasteiger partial charge in [0, 0.05) is 24.9 Å². The zero-order valence-electron chi connectivity index (χ0n) is 19.9. The second-order valence-corrected chi connectivity index (χ2v) is 9.87. The molecule has 1 unspecified atom stereocenters. The van der Waals surface area contributed by atoms with Crippen molar-refractivity contribution in [2.75, 3.05) is 11.4 Å². The minimum atomic E-state index is -2.99. The van der Waals surface area contributed by atoms with E-state index in [9.17, 15) is 18.7 Å². The number of fused-ring (bicyclic) bond motifs is 4. The Hall–Kier alpha value is -3.76. The van der Waals surface area contributed by atoms with Gasteiger partial charge in [-0.2, -0.15) is 8.78 Å². The SMILES string of the molecule is CC(=O)N1c2cccc(OC(F)F)c2[N@+]23C=c4cc(-c5cnc(C(C)(C)O)nc5)ccc4=N[C@H](C2)C13. The Morgan fingerprint density at radius 2 is 1.94 bits per heavy atom. The Morgan fingerprint density at radius 1 is 1.19 bits per heavy atom. The standard InChI is InChI=1S/C26H24F2N5O3/c1-14(34)32-20-5-4-6-21(36-25(27)28)22(20)33-12-16-9-15(7-8-18(16)31-19(13-33)23(32)33)17-10-29-24(30-11-17)26(2,3)35/h4-12,19,23,25,35H,13H2,1-3H3/q+1/t19-,23?,33+/m1/s1. The van der Waals surface area contributed by atoms with Gasteiger partial charge in [-0.25, -0.2) is 14.5 Å². The number of aliphatic hydroxyl groups is 1. The van der Waals surface area contributed by atoms with E-state index in [1.807, 2.05) is 24.4 Å². The van der Waals surface area contributed by atoms with Gasteiger partial charge < -0.3 is 9.84 Å². The van der Waals surface area contributed by atoms with E-state index < -0.39 is 12.2 Å². The van der Waals surface area contributed by atoms with Crippen LogP contribution in [0, 0.1) is 0 Å². The highest BCUT2D eigenvalue weighted by molar-refractivity contribution is 6.02. The molecule has 1 saturated heterocycles. The van der Waals surface area contributed by atoms with Crippen molar-refractivity contribution in [2.45, 2.75) is 45.2 Å². The van der Waals surface area contributed by atoms with E-state index in [1.165, 1.54) is 13.0 Å². The van der Waals surface area contributed by atoms with Gasteiger partial charge in [0.25, 0.3) is 0 Å². The molecule has 184 valence electrons. The third-order valence-corrected chi connectivity index (χ3v) is 7.01. The number of benzene rings is 2. The first kappa shape index (κ1) is 22.7. The molecular formula is C26H24F2N5O3+. The molecule has 36 heavy (non-hydrogen) atoms. The zero-order chi connectivity index (χ0) is 25.4. The Labute approximate surface area is 205 Å². The van der Waals surface area contributed by atoms with E-state index in [-0.39, 0.29) is 28.3 Å². The van der Waals surface area contributed by atoms with Gasteiger partial charge in [-0.1, -0.05) is 12.1 Å². The van der Waals surface area contributed by atoms with Crippen LogP contribution in [-0.4, -0.2) is 46.3 Å². The molecule has 2 bridgehead atoms. The Kier molecular flexibility index (Phi) is 4.80. The van der Waals surface area contributed by atoms with Crippen molar-refractivity contribution in [1.82, 2.24) is 14.5 Å². The molecule has 3 aliphatic rings. The third kappa shape index (κ3) is 3.25. The number of nitrogens with zero attached hydrogens (tertiary/aromatic N) is 5. The number of hydrogen-bond acceptors (Lipinski definition) is 6. The number of alkyl halides is 2. The van der Waals surface area contributed by atoms with Crippen molar-refractivity contribution in [3.05, 3.63) is 65.2 Å². The molecule has 3 aromatic rings. The van der Waals surface area contributed by atoms with Gasteiger partial charge in [0.1, 0.15) is 24.0 Å². The number of hydrogen-bond donors (Lipinski definition) is 1. The van der Waals surface area contributed by atoms with Crippen molar-refractivity contribution in [3.63, 3.8) is 0 Å². The average Bonchev–Trinajstić information content (AvgIpc) is 2.91. The molecule has 3 aliphatic heterocycles. The summed E-state index contributed by atoms with van der Waals surface area (Å²) in [6.07, 6.45) is 4.93. The molecule has 1 aromatic heterocycles. The van der Waals surface area contributed by atoms with E-state index in [2.05, 4.69) is 9.97 Å². The maximum Gasteiger partial charge on any atom is 0.387 e. The van der Waals surface area contributed by atoms with Crippen LogP contribution in [0.4, 0.5) is 20.2 Å². The summed E-state index contributed by atoms with van der Waals surface area (Å²) in [5, 5.41) is 11.7. The molecule has 10 heteroatoms. The van der Waals surface area contributed by atoms with Gasteiger partial charge in [0.05, 0.1) is 10.6 Å². The lowest BCUT2D eigenvalue weighted by molar-refractivity contribution is -0.118. The second kappa shape index (κ2) is 7.62. The third-order valence-electron chi connectivity index (χ3n) is 7.01. The zero-order valence-corrected chi connectivity index (χ0v) is 19.9. The van der Waals surface area contributed by atoms with Crippen LogP contribution in [0.2, 0.25) is 0 Å². The lowest BCUT2D eigenvalue weighted by Gasteiger charge is -2.49. The number of halogens is 2. The van der Waals surface area contributed by atoms with E-state index in [0.717, 1.165) is 21.7 Å². The minimum Gasteiger partial charge on any atom is -0.428 e. The van der Waals surface area contributed by atoms with Crippen LogP contribution in [0.5, 0.6) is 5.75 Å². The van der Waals surface area contributed by atoms with E-state index in [1.54, 1.807) is 43.3 Å². The van der Waals surface area contributed by atoms with Crippen molar-refractivity contribution < 1.29 is 23.4 Å². The first-order valence-corrected chi connectivity index (χ1v) is 11.6. The molecule has 0 radical (unpaired) electrons. The quantitative estimate of drug-likeness (QED) is 0.566. The van der Waals surface area contributed by atoms with Gasteiger partial charge in [0.2, 0.25) is 17.8 Å². The number of rotatable bonds is 4. The Bertz CT molecular complexity index is 1520. The molecule has 1 spiro atoms. The maximum absolute atomic E-state index is 13.3. The number of carbonyl (C=O) groups is 1. The normalized spacial score (nSPS) is 23.5. The highest BCUT2D eigenvalue weighted by atomic mass is 19.3. The molecule has 3 atom stereocenters. The predicted molar refractivity (Wildman–Crippen MR) is 128 cm³/mol. The van der Waals surface area contributed by atoms with Crippen LogP contribution in [0.1, 0.15) is 26.6 Å². The van der Waals surface area contributed by atoms with Crippen LogP contribution in [0.3, 0.4) is 0 Å². The van der Waals surface area contributed by atoms with Gasteiger partial charge in [-0.15, -0.1) is 0 Å². The van der Waals surface area contributed by atoms with Crippen molar-refractivity contribution in [3.8, 4) is 16.9 Å². The fourth-order valence-electron chi connectivity index (χ4n) is 5.57. The smallest absolute Gasteiger partial charge is 0.387 e. The summed E-state index contributed by atoms with van der Waals surface area (Å²) in [6.45, 7) is 2.25. The Morgan fingerprint density at radius 3 is 2.61 bits per heavy atom. The van der Waals surface area contributed by atoms with Crippen LogP contribution in [0.25, 0.3) is 17.3 Å². The number of ether oxygens (including phenoxy) is 1. The van der Waals surface area contributed by atoms with Crippen molar-refractivity contribution in [2.24, 2.45) is 4.99 Å². The molecular weight excluding hydrogens is 468 g/mol. The van der Waals surface area contributed by atoms with Gasteiger partial charge >= 0.3 is 6.61 Å². The fourth-order valence-corrected chi connectivity index (χ4v) is 5.57. The lowest BCUT2D eigenvalue weighted by atomic mass is 9.99. The highest BCUT2D eigenvalue weighted by Gasteiger charge is 2.67. The Balaban J connectivity index is 1.52. The summed E-state index contributed by atoms with van der Waals surface area (Å²) < 4.78 is 31.7. The summed E-state index contributed by atoms with van der Waals surface area (Å²) in [4.78, 5) is 27.9. The fraction of sp³-hybridized carbons (Fsp3) is 0.308. The maximum atomic E-state index is 13.3. The van der Waals surface area contributed by atoms with Crippen LogP contribution in [0.15, 0.2) is 53.8 Å². The summed E-state index contributed by atoms with van der Waals surface area (Å²) in [5.74, 6) is 0.195. The molecule has 4 heterocycles. The highest BCUT2D eigenvalue weighted by Crippen LogP contribution is 2.57. The topological polar surface area (TPSA) is 87.9 Å². The summed E-state index contributed by atoms with van der Waals surface area (Å²) in [7, 11) is 0. The molecule has 8 nitrogen and oxygen atoms in total. The summed E-state index contributed by atoms with van der Waals surface area (Å²) >= 11 is 0. The molecule has 0 saturated carbocycles. The first-order chi connectivity index (χ1) is 17.1. The molecule has 0 aliphatic carbocycles. The van der Waals surface area contributed by atoms with Gasteiger partial charge in [0.15, 0.2) is 17.6 Å². The van der Waals surface area contributed by atoms with E-state index >= 15 is 0 Å². The van der Waals surface area contributed by atoms with E-state index in [0.29, 0.717) is 23.7 Å². The van der Waals surface area contributed by atoms with Crippen molar-refractivity contribution in [1.29, 1.82) is 0 Å². The number of aromatic nitrogens is 2. The number of amides is 1. The molecule has 2 aromatic carbocycles. The molecule has 1 amide bonds.